The first-order valence-electron chi connectivity index (χ1n) is 11.8. The number of hydrogen-bond acceptors (Lipinski definition) is 4. The molecule has 3 aromatic heterocycles. The average Bonchev–Trinajstić information content (AvgIpc) is 3.26. The fraction of sp³-hybridized carbons (Fsp3) is 0.600. The zero-order chi connectivity index (χ0) is 21.9. The fourth-order valence-electron chi connectivity index (χ4n) is 5.47. The lowest BCUT2D eigenvalue weighted by atomic mass is 9.84. The number of nitrogens with zero attached hydrogens (tertiary/aromatic N) is 3. The van der Waals surface area contributed by atoms with E-state index in [-0.39, 0.29) is 5.56 Å². The van der Waals surface area contributed by atoms with Crippen LogP contribution in [0.3, 0.4) is 0 Å². The summed E-state index contributed by atoms with van der Waals surface area (Å²) >= 11 is 1.85. The van der Waals surface area contributed by atoms with Gasteiger partial charge in [0, 0.05) is 41.9 Å². The zero-order valence-electron chi connectivity index (χ0n) is 19.4. The maximum atomic E-state index is 12.4. The highest BCUT2D eigenvalue weighted by Crippen LogP contribution is 2.43. The number of likely N-dealkylation sites (tertiary alicyclic amines) is 1. The molecule has 0 radical (unpaired) electrons. The number of hydrogen-bond donors (Lipinski definition) is 1. The molecule has 166 valence electrons. The monoisotopic (exact) mass is 438 g/mol. The van der Waals surface area contributed by atoms with Gasteiger partial charge in [-0.05, 0) is 70.5 Å². The van der Waals surface area contributed by atoms with E-state index in [1.165, 1.54) is 60.6 Å². The lowest BCUT2D eigenvalue weighted by Gasteiger charge is -2.41. The van der Waals surface area contributed by atoms with E-state index >= 15 is 0 Å². The van der Waals surface area contributed by atoms with Crippen LogP contribution < -0.4 is 5.56 Å². The van der Waals surface area contributed by atoms with Crippen LogP contribution in [0.2, 0.25) is 0 Å². The highest BCUT2D eigenvalue weighted by Gasteiger charge is 2.31. The molecule has 1 N–H and O–H groups in total. The highest BCUT2D eigenvalue weighted by atomic mass is 32.1. The average molecular weight is 439 g/mol. The molecule has 1 aliphatic heterocycles. The molecule has 0 atom stereocenters. The molecular weight excluding hydrogens is 404 g/mol. The second kappa shape index (κ2) is 7.89. The van der Waals surface area contributed by atoms with Gasteiger partial charge in [0.25, 0.3) is 5.56 Å². The molecule has 2 fully saturated rings. The summed E-state index contributed by atoms with van der Waals surface area (Å²) in [7, 11) is 1.84. The van der Waals surface area contributed by atoms with E-state index in [0.717, 1.165) is 33.9 Å². The van der Waals surface area contributed by atoms with Crippen molar-refractivity contribution in [3.63, 3.8) is 0 Å². The summed E-state index contributed by atoms with van der Waals surface area (Å²) in [6, 6.07) is 0.809. The van der Waals surface area contributed by atoms with Crippen molar-refractivity contribution in [1.82, 2.24) is 19.4 Å². The van der Waals surface area contributed by atoms with Crippen molar-refractivity contribution in [1.29, 1.82) is 0 Å². The van der Waals surface area contributed by atoms with Crippen molar-refractivity contribution in [3.8, 4) is 11.3 Å². The van der Waals surface area contributed by atoms with Gasteiger partial charge >= 0.3 is 0 Å². The Labute approximate surface area is 188 Å². The van der Waals surface area contributed by atoms with Gasteiger partial charge in [0.1, 0.15) is 10.3 Å². The first kappa shape index (κ1) is 21.0. The molecule has 1 saturated carbocycles. The molecule has 2 aliphatic rings. The van der Waals surface area contributed by atoms with E-state index in [1.807, 2.05) is 31.5 Å². The lowest BCUT2D eigenvalue weighted by Crippen LogP contribution is -2.46. The lowest BCUT2D eigenvalue weighted by molar-refractivity contribution is 0.0869. The summed E-state index contributed by atoms with van der Waals surface area (Å²) < 4.78 is 1.70. The Morgan fingerprint density at radius 3 is 2.45 bits per heavy atom. The zero-order valence-corrected chi connectivity index (χ0v) is 20.2. The van der Waals surface area contributed by atoms with Gasteiger partial charge in [-0.25, -0.2) is 4.98 Å². The second-order valence-corrected chi connectivity index (χ2v) is 10.9. The quantitative estimate of drug-likeness (QED) is 0.588. The number of fused-ring (bicyclic) bond motifs is 1. The van der Waals surface area contributed by atoms with Crippen LogP contribution in [0.4, 0.5) is 0 Å². The molecule has 31 heavy (non-hydrogen) atoms. The summed E-state index contributed by atoms with van der Waals surface area (Å²) in [6.45, 7) is 11.1. The van der Waals surface area contributed by atoms with Gasteiger partial charge in [0.2, 0.25) is 0 Å². The summed E-state index contributed by atoms with van der Waals surface area (Å²) in [5.41, 5.74) is 6.63. The minimum Gasteiger partial charge on any atom is -0.345 e. The van der Waals surface area contributed by atoms with E-state index in [2.05, 4.69) is 30.7 Å². The standard InChI is InChI=1S/C25H34N4OS/c1-14(2)20-21(19-13-28(5)25(30)16(4)15(19)3)26-24-22(20)27-23(31-24)17-7-9-18(10-8-17)29-11-6-12-29/h13-14,17-18,26H,6-12H2,1-5H3. The summed E-state index contributed by atoms with van der Waals surface area (Å²) in [4.78, 5) is 25.1. The summed E-state index contributed by atoms with van der Waals surface area (Å²) in [5.74, 6) is 0.964. The maximum Gasteiger partial charge on any atom is 0.253 e. The van der Waals surface area contributed by atoms with Gasteiger partial charge in [-0.15, -0.1) is 11.3 Å². The van der Waals surface area contributed by atoms with Crippen molar-refractivity contribution in [2.75, 3.05) is 13.1 Å². The number of aromatic amines is 1. The van der Waals surface area contributed by atoms with Gasteiger partial charge in [0.15, 0.2) is 0 Å². The van der Waals surface area contributed by atoms with Crippen LogP contribution in [-0.2, 0) is 7.05 Å². The van der Waals surface area contributed by atoms with Crippen LogP contribution in [0.15, 0.2) is 11.0 Å². The molecule has 0 unspecified atom stereocenters. The van der Waals surface area contributed by atoms with Gasteiger partial charge in [-0.1, -0.05) is 13.8 Å². The van der Waals surface area contributed by atoms with E-state index < -0.39 is 0 Å². The Bertz CT molecular complexity index is 1170. The molecular formula is C25H34N4OS. The minimum absolute atomic E-state index is 0.0787. The smallest absolute Gasteiger partial charge is 0.253 e. The first-order chi connectivity index (χ1) is 14.8. The number of rotatable bonds is 4. The van der Waals surface area contributed by atoms with Crippen molar-refractivity contribution in [2.45, 2.75) is 77.7 Å². The number of pyridine rings is 1. The van der Waals surface area contributed by atoms with Crippen molar-refractivity contribution < 1.29 is 0 Å². The molecule has 3 aromatic rings. The summed E-state index contributed by atoms with van der Waals surface area (Å²) in [6.07, 6.45) is 8.52. The van der Waals surface area contributed by atoms with Crippen LogP contribution in [0.1, 0.15) is 79.5 Å². The van der Waals surface area contributed by atoms with E-state index in [1.54, 1.807) is 4.57 Å². The number of thiazole rings is 1. The third-order valence-electron chi connectivity index (χ3n) is 7.64. The first-order valence-corrected chi connectivity index (χ1v) is 12.6. The molecule has 1 saturated heterocycles. The van der Waals surface area contributed by atoms with Crippen molar-refractivity contribution in [2.24, 2.45) is 7.05 Å². The Kier molecular flexibility index (Phi) is 5.33. The molecule has 5 rings (SSSR count). The number of aromatic nitrogens is 3. The molecule has 0 aromatic carbocycles. The Morgan fingerprint density at radius 1 is 1.13 bits per heavy atom. The molecule has 0 bridgehead atoms. The molecule has 4 heterocycles. The third-order valence-corrected chi connectivity index (χ3v) is 8.77. The number of aryl methyl sites for hydroxylation is 1. The Balaban J connectivity index is 1.50. The van der Waals surface area contributed by atoms with Gasteiger partial charge in [0.05, 0.1) is 10.7 Å². The second-order valence-electron chi connectivity index (χ2n) is 9.90. The Hall–Kier alpha value is -1.92. The van der Waals surface area contributed by atoms with E-state index in [9.17, 15) is 4.79 Å². The van der Waals surface area contributed by atoms with Crippen molar-refractivity contribution in [3.05, 3.63) is 38.2 Å². The SMILES string of the molecule is Cc1c(-c2[nH]c3sc(C4CCC(N5CCC5)CC4)nc3c2C(C)C)cn(C)c(=O)c1C. The molecule has 0 spiro atoms. The van der Waals surface area contributed by atoms with Crippen LogP contribution >= 0.6 is 11.3 Å². The number of H-pyrrole nitrogens is 1. The molecule has 5 nitrogen and oxygen atoms in total. The van der Waals surface area contributed by atoms with Crippen molar-refractivity contribution >= 4 is 21.7 Å². The van der Waals surface area contributed by atoms with Crippen LogP contribution in [0, 0.1) is 13.8 Å². The summed E-state index contributed by atoms with van der Waals surface area (Å²) in [5, 5.41) is 1.31. The molecule has 0 amide bonds. The predicted octanol–water partition coefficient (Wildman–Crippen LogP) is 5.46. The van der Waals surface area contributed by atoms with Crippen LogP contribution in [-0.4, -0.2) is 38.6 Å². The minimum atomic E-state index is 0.0787. The largest absolute Gasteiger partial charge is 0.345 e. The van der Waals surface area contributed by atoms with Gasteiger partial charge < -0.3 is 14.5 Å². The van der Waals surface area contributed by atoms with E-state index in [0.29, 0.717) is 11.8 Å². The van der Waals surface area contributed by atoms with Crippen LogP contribution in [0.5, 0.6) is 0 Å². The van der Waals surface area contributed by atoms with E-state index in [4.69, 9.17) is 4.98 Å². The molecule has 6 heteroatoms. The molecule has 1 aliphatic carbocycles. The maximum absolute atomic E-state index is 12.4. The fourth-order valence-corrected chi connectivity index (χ4v) is 6.63. The van der Waals surface area contributed by atoms with Gasteiger partial charge in [-0.3, -0.25) is 4.79 Å². The van der Waals surface area contributed by atoms with Gasteiger partial charge in [-0.2, -0.15) is 0 Å². The topological polar surface area (TPSA) is 53.9 Å². The normalized spacial score (nSPS) is 22.4. The van der Waals surface area contributed by atoms with Crippen LogP contribution in [0.25, 0.3) is 21.6 Å². The highest BCUT2D eigenvalue weighted by molar-refractivity contribution is 7.18. The Morgan fingerprint density at radius 2 is 1.84 bits per heavy atom. The number of nitrogens with one attached hydrogen (secondary N) is 1. The third kappa shape index (κ3) is 3.48. The predicted molar refractivity (Wildman–Crippen MR) is 129 cm³/mol.